The topological polar surface area (TPSA) is 34.1 Å². The van der Waals surface area contributed by atoms with E-state index in [0.29, 0.717) is 0 Å². The molecule has 1 aliphatic carbocycles. The predicted molar refractivity (Wildman–Crippen MR) is 37.0 cm³/mol. The van der Waals surface area contributed by atoms with Crippen molar-refractivity contribution < 1.29 is 8.42 Å². The van der Waals surface area contributed by atoms with Crippen molar-refractivity contribution in [1.82, 2.24) is 0 Å². The van der Waals surface area contributed by atoms with Crippen LogP contribution in [0, 0.1) is 0 Å². The summed E-state index contributed by atoms with van der Waals surface area (Å²) in [5.41, 5.74) is 0. The minimum absolute atomic E-state index is 0.535. The Balaban J connectivity index is 2.97. The Morgan fingerprint density at radius 2 is 2.00 bits per heavy atom. The molecule has 9 heavy (non-hydrogen) atoms. The van der Waals surface area contributed by atoms with E-state index in [-0.39, 0.29) is 0 Å². The van der Waals surface area contributed by atoms with Crippen LogP contribution in [-0.4, -0.2) is 19.4 Å². The van der Waals surface area contributed by atoms with Gasteiger partial charge in [-0.1, -0.05) is 6.08 Å². The van der Waals surface area contributed by atoms with Crippen LogP contribution in [0.4, 0.5) is 0 Å². The highest BCUT2D eigenvalue weighted by Crippen LogP contribution is 2.43. The fraction of sp³-hybridized carbons (Fsp3) is 0.667. The van der Waals surface area contributed by atoms with Crippen LogP contribution in [0.3, 0.4) is 0 Å². The molecule has 1 aliphatic rings. The highest BCUT2D eigenvalue weighted by molar-refractivity contribution is 7.92. The van der Waals surface area contributed by atoms with Gasteiger partial charge in [0.2, 0.25) is 0 Å². The highest BCUT2D eigenvalue weighted by Gasteiger charge is 2.49. The zero-order valence-corrected chi connectivity index (χ0v) is 6.24. The third-order valence-corrected chi connectivity index (χ3v) is 3.91. The molecule has 0 saturated heterocycles. The standard InChI is InChI=1S/C6H10O2S/c1-3-6(4-5-6)9(2,7)8/h3H,1,4-5H2,2H3. The van der Waals surface area contributed by atoms with E-state index in [9.17, 15) is 8.42 Å². The van der Waals surface area contributed by atoms with Gasteiger partial charge in [-0.2, -0.15) is 0 Å². The molecule has 0 spiro atoms. The number of rotatable bonds is 2. The lowest BCUT2D eigenvalue weighted by atomic mass is 10.4. The maximum absolute atomic E-state index is 10.9. The van der Waals surface area contributed by atoms with Gasteiger partial charge in [-0.05, 0) is 12.8 Å². The maximum atomic E-state index is 10.9. The Morgan fingerprint density at radius 3 is 2.00 bits per heavy atom. The first kappa shape index (κ1) is 6.81. The molecular weight excluding hydrogens is 136 g/mol. The van der Waals surface area contributed by atoms with E-state index in [1.807, 2.05) is 0 Å². The van der Waals surface area contributed by atoms with Gasteiger partial charge >= 0.3 is 0 Å². The lowest BCUT2D eigenvalue weighted by Crippen LogP contribution is -2.17. The first-order valence-corrected chi connectivity index (χ1v) is 4.74. The van der Waals surface area contributed by atoms with Gasteiger partial charge in [0.15, 0.2) is 9.84 Å². The van der Waals surface area contributed by atoms with Gasteiger partial charge in [0.05, 0.1) is 4.75 Å². The van der Waals surface area contributed by atoms with E-state index >= 15 is 0 Å². The van der Waals surface area contributed by atoms with Gasteiger partial charge in [-0.3, -0.25) is 0 Å². The van der Waals surface area contributed by atoms with Crippen molar-refractivity contribution in [3.8, 4) is 0 Å². The third kappa shape index (κ3) is 0.894. The van der Waals surface area contributed by atoms with Gasteiger partial charge < -0.3 is 0 Å². The van der Waals surface area contributed by atoms with Gasteiger partial charge in [0.1, 0.15) is 0 Å². The Bertz CT molecular complexity index is 221. The summed E-state index contributed by atoms with van der Waals surface area (Å²) in [6, 6.07) is 0. The normalized spacial score (nSPS) is 23.2. The van der Waals surface area contributed by atoms with Crippen LogP contribution in [0.1, 0.15) is 12.8 Å². The Hall–Kier alpha value is -0.310. The molecule has 0 aromatic heterocycles. The van der Waals surface area contributed by atoms with E-state index in [1.54, 1.807) is 6.08 Å². The summed E-state index contributed by atoms with van der Waals surface area (Å²) >= 11 is 0. The molecule has 52 valence electrons. The van der Waals surface area contributed by atoms with E-state index in [1.165, 1.54) is 6.26 Å². The van der Waals surface area contributed by atoms with Gasteiger partial charge in [0.25, 0.3) is 0 Å². The molecule has 0 heterocycles. The summed E-state index contributed by atoms with van der Waals surface area (Å²) in [5.74, 6) is 0. The molecule has 0 aliphatic heterocycles. The van der Waals surface area contributed by atoms with Gasteiger partial charge in [-0.25, -0.2) is 8.42 Å². The van der Waals surface area contributed by atoms with Crippen LogP contribution in [0.2, 0.25) is 0 Å². The second kappa shape index (κ2) is 1.59. The van der Waals surface area contributed by atoms with Crippen LogP contribution >= 0.6 is 0 Å². The molecular formula is C6H10O2S. The average Bonchev–Trinajstić information content (AvgIpc) is 2.40. The zero-order chi connectivity index (χ0) is 7.12. The molecule has 0 amide bonds. The van der Waals surface area contributed by atoms with E-state index < -0.39 is 14.6 Å². The van der Waals surface area contributed by atoms with Crippen molar-refractivity contribution in [1.29, 1.82) is 0 Å². The molecule has 0 aromatic rings. The van der Waals surface area contributed by atoms with Crippen LogP contribution < -0.4 is 0 Å². The molecule has 0 unspecified atom stereocenters. The average molecular weight is 146 g/mol. The van der Waals surface area contributed by atoms with Crippen molar-refractivity contribution >= 4 is 9.84 Å². The molecule has 2 nitrogen and oxygen atoms in total. The van der Waals surface area contributed by atoms with E-state index in [2.05, 4.69) is 6.58 Å². The van der Waals surface area contributed by atoms with Crippen LogP contribution in [0.5, 0.6) is 0 Å². The van der Waals surface area contributed by atoms with Crippen molar-refractivity contribution in [3.05, 3.63) is 12.7 Å². The molecule has 1 rings (SSSR count). The Morgan fingerprint density at radius 1 is 1.56 bits per heavy atom. The zero-order valence-electron chi connectivity index (χ0n) is 5.42. The molecule has 0 aromatic carbocycles. The van der Waals surface area contributed by atoms with E-state index in [4.69, 9.17) is 0 Å². The SMILES string of the molecule is C=CC1(S(C)(=O)=O)CC1. The van der Waals surface area contributed by atoms with Gasteiger partial charge in [0, 0.05) is 6.26 Å². The summed E-state index contributed by atoms with van der Waals surface area (Å²) in [6.45, 7) is 3.48. The van der Waals surface area contributed by atoms with Crippen molar-refractivity contribution in [2.24, 2.45) is 0 Å². The minimum Gasteiger partial charge on any atom is -0.228 e. The largest absolute Gasteiger partial charge is 0.228 e. The van der Waals surface area contributed by atoms with E-state index in [0.717, 1.165) is 12.8 Å². The molecule has 3 heteroatoms. The Kier molecular flexibility index (Phi) is 1.21. The fourth-order valence-electron chi connectivity index (χ4n) is 0.849. The number of hydrogen-bond donors (Lipinski definition) is 0. The quantitative estimate of drug-likeness (QED) is 0.539. The van der Waals surface area contributed by atoms with Crippen molar-refractivity contribution in [2.75, 3.05) is 6.26 Å². The summed E-state index contributed by atoms with van der Waals surface area (Å²) in [6.07, 6.45) is 4.33. The summed E-state index contributed by atoms with van der Waals surface area (Å²) in [5, 5.41) is 0. The summed E-state index contributed by atoms with van der Waals surface area (Å²) in [4.78, 5) is 0. The molecule has 0 radical (unpaired) electrons. The van der Waals surface area contributed by atoms with Crippen molar-refractivity contribution in [3.63, 3.8) is 0 Å². The van der Waals surface area contributed by atoms with Crippen molar-refractivity contribution in [2.45, 2.75) is 17.6 Å². The fourth-order valence-corrected chi connectivity index (χ4v) is 2.00. The summed E-state index contributed by atoms with van der Waals surface area (Å²) in [7, 11) is -2.86. The minimum atomic E-state index is -2.86. The van der Waals surface area contributed by atoms with Gasteiger partial charge in [-0.15, -0.1) is 6.58 Å². The van der Waals surface area contributed by atoms with Crippen LogP contribution in [0.15, 0.2) is 12.7 Å². The second-order valence-corrected chi connectivity index (χ2v) is 4.90. The molecule has 0 N–H and O–H groups in total. The maximum Gasteiger partial charge on any atom is 0.156 e. The smallest absolute Gasteiger partial charge is 0.156 e. The summed E-state index contributed by atoms with van der Waals surface area (Å²) < 4.78 is 21.2. The first-order valence-electron chi connectivity index (χ1n) is 2.85. The molecule has 1 fully saturated rings. The second-order valence-electron chi connectivity index (χ2n) is 2.54. The Labute approximate surface area is 55.5 Å². The monoisotopic (exact) mass is 146 g/mol. The van der Waals surface area contributed by atoms with Crippen LogP contribution in [-0.2, 0) is 9.84 Å². The predicted octanol–water partition coefficient (Wildman–Crippen LogP) is 0.750. The lowest BCUT2D eigenvalue weighted by Gasteiger charge is -2.03. The molecule has 1 saturated carbocycles. The first-order chi connectivity index (χ1) is 4.02. The third-order valence-electron chi connectivity index (χ3n) is 1.85. The lowest BCUT2D eigenvalue weighted by molar-refractivity contribution is 0.593. The number of hydrogen-bond acceptors (Lipinski definition) is 2. The van der Waals surface area contributed by atoms with Crippen LogP contribution in [0.25, 0.3) is 0 Å². The molecule has 0 atom stereocenters. The molecule has 0 bridgehead atoms. The highest BCUT2D eigenvalue weighted by atomic mass is 32.2. The number of sulfone groups is 1.